The van der Waals surface area contributed by atoms with Gasteiger partial charge < -0.3 is 24.3 Å². The molecule has 6 heteroatoms. The zero-order chi connectivity index (χ0) is 13.8. The quantitative estimate of drug-likeness (QED) is 0.750. The van der Waals surface area contributed by atoms with Crippen molar-refractivity contribution in [3.63, 3.8) is 0 Å². The van der Waals surface area contributed by atoms with E-state index in [1.165, 1.54) is 4.90 Å². The minimum atomic E-state index is -0.565. The van der Waals surface area contributed by atoms with E-state index in [4.69, 9.17) is 14.6 Å². The van der Waals surface area contributed by atoms with Crippen molar-refractivity contribution in [2.75, 3.05) is 19.7 Å². The lowest BCUT2D eigenvalue weighted by atomic mass is 10.1. The summed E-state index contributed by atoms with van der Waals surface area (Å²) in [5, 5.41) is 9.12. The van der Waals surface area contributed by atoms with E-state index in [0.29, 0.717) is 6.54 Å². The molecule has 1 aliphatic heterocycles. The van der Waals surface area contributed by atoms with Crippen LogP contribution in [0.3, 0.4) is 0 Å². The number of amides is 1. The fourth-order valence-electron chi connectivity index (χ4n) is 1.74. The van der Waals surface area contributed by atoms with E-state index in [-0.39, 0.29) is 25.7 Å². The number of hydrogen-bond acceptors (Lipinski definition) is 5. The van der Waals surface area contributed by atoms with Crippen molar-refractivity contribution in [2.24, 2.45) is 0 Å². The van der Waals surface area contributed by atoms with Crippen LogP contribution >= 0.6 is 0 Å². The molecule has 0 radical (unpaired) electrons. The average molecular weight is 259 g/mol. The number of aldehydes is 1. The average Bonchev–Trinajstić information content (AvgIpc) is 2.26. The third-order valence-corrected chi connectivity index (χ3v) is 2.45. The van der Waals surface area contributed by atoms with Crippen LogP contribution < -0.4 is 0 Å². The normalized spacial score (nSPS) is 24.8. The predicted octanol–water partition coefficient (Wildman–Crippen LogP) is 0.572. The molecule has 0 spiro atoms. The van der Waals surface area contributed by atoms with Crippen LogP contribution in [0.2, 0.25) is 0 Å². The summed E-state index contributed by atoms with van der Waals surface area (Å²) >= 11 is 0. The minimum Gasteiger partial charge on any atom is -0.444 e. The first-order chi connectivity index (χ1) is 8.35. The van der Waals surface area contributed by atoms with E-state index < -0.39 is 17.8 Å². The Balaban J connectivity index is 2.63. The fourth-order valence-corrected chi connectivity index (χ4v) is 1.74. The highest BCUT2D eigenvalue weighted by Crippen LogP contribution is 2.17. The van der Waals surface area contributed by atoms with E-state index in [1.807, 2.05) is 0 Å². The number of ether oxygens (including phenoxy) is 2. The van der Waals surface area contributed by atoms with Crippen molar-refractivity contribution < 1.29 is 24.2 Å². The molecule has 18 heavy (non-hydrogen) atoms. The summed E-state index contributed by atoms with van der Waals surface area (Å²) in [6, 6.07) is 0. The Morgan fingerprint density at radius 1 is 1.44 bits per heavy atom. The molecule has 1 amide bonds. The molecule has 0 aromatic carbocycles. The van der Waals surface area contributed by atoms with Crippen LogP contribution in [-0.4, -0.2) is 59.9 Å². The number of carbonyl (C=O) groups is 2. The lowest BCUT2D eigenvalue weighted by Gasteiger charge is -2.37. The SMILES string of the molecule is CC(C)(C)OC(=O)N1CC(CO)OC(CC=O)C1. The Kier molecular flexibility index (Phi) is 5.10. The molecule has 1 N–H and O–H groups in total. The lowest BCUT2D eigenvalue weighted by Crippen LogP contribution is -2.52. The Bertz CT molecular complexity index is 299. The van der Waals surface area contributed by atoms with Gasteiger partial charge in [-0.05, 0) is 20.8 Å². The van der Waals surface area contributed by atoms with Crippen LogP contribution in [0.4, 0.5) is 4.79 Å². The molecule has 1 rings (SSSR count). The smallest absolute Gasteiger partial charge is 0.410 e. The standard InChI is InChI=1S/C12H21NO5/c1-12(2,3)18-11(16)13-6-9(4-5-14)17-10(7-13)8-15/h5,9-10,15H,4,6-8H2,1-3H3. The number of rotatable bonds is 3. The Labute approximate surface area is 107 Å². The van der Waals surface area contributed by atoms with Crippen molar-refractivity contribution in [2.45, 2.75) is 45.0 Å². The van der Waals surface area contributed by atoms with Crippen molar-refractivity contribution in [1.82, 2.24) is 4.90 Å². The van der Waals surface area contributed by atoms with Crippen molar-refractivity contribution in [3.05, 3.63) is 0 Å². The second kappa shape index (κ2) is 6.15. The number of aliphatic hydroxyl groups excluding tert-OH is 1. The second-order valence-corrected chi connectivity index (χ2v) is 5.35. The van der Waals surface area contributed by atoms with Gasteiger partial charge in [-0.25, -0.2) is 4.79 Å². The molecule has 1 aliphatic rings. The molecule has 1 heterocycles. The molecule has 1 saturated heterocycles. The van der Waals surface area contributed by atoms with Gasteiger partial charge in [0.1, 0.15) is 11.9 Å². The van der Waals surface area contributed by atoms with E-state index >= 15 is 0 Å². The van der Waals surface area contributed by atoms with Crippen LogP contribution in [0.15, 0.2) is 0 Å². The van der Waals surface area contributed by atoms with Crippen molar-refractivity contribution in [1.29, 1.82) is 0 Å². The van der Waals surface area contributed by atoms with E-state index in [2.05, 4.69) is 0 Å². The predicted molar refractivity (Wildman–Crippen MR) is 64.2 cm³/mol. The Morgan fingerprint density at radius 2 is 2.06 bits per heavy atom. The summed E-state index contributed by atoms with van der Waals surface area (Å²) in [5.41, 5.74) is -0.565. The van der Waals surface area contributed by atoms with Crippen LogP contribution in [0.5, 0.6) is 0 Å². The lowest BCUT2D eigenvalue weighted by molar-refractivity contribution is -0.122. The van der Waals surface area contributed by atoms with E-state index in [9.17, 15) is 9.59 Å². The molecule has 0 saturated carbocycles. The summed E-state index contributed by atoms with van der Waals surface area (Å²) in [6.07, 6.45) is -0.328. The Hall–Kier alpha value is -1.14. The molecule has 0 aromatic heterocycles. The summed E-state index contributed by atoms with van der Waals surface area (Å²) in [4.78, 5) is 23.9. The number of nitrogens with zero attached hydrogens (tertiary/aromatic N) is 1. The number of morpholine rings is 1. The van der Waals surface area contributed by atoms with Gasteiger partial charge in [0.2, 0.25) is 0 Å². The first-order valence-corrected chi connectivity index (χ1v) is 6.03. The maximum atomic E-state index is 11.9. The highest BCUT2D eigenvalue weighted by atomic mass is 16.6. The molecular formula is C12H21NO5. The second-order valence-electron chi connectivity index (χ2n) is 5.35. The number of hydrogen-bond donors (Lipinski definition) is 1. The van der Waals surface area contributed by atoms with Gasteiger partial charge in [-0.15, -0.1) is 0 Å². The van der Waals surface area contributed by atoms with Gasteiger partial charge in [0.15, 0.2) is 0 Å². The van der Waals surface area contributed by atoms with E-state index in [0.717, 1.165) is 6.29 Å². The molecule has 0 aromatic rings. The summed E-state index contributed by atoms with van der Waals surface area (Å²) in [5.74, 6) is 0. The third-order valence-electron chi connectivity index (χ3n) is 2.45. The van der Waals surface area contributed by atoms with Gasteiger partial charge in [0.05, 0.1) is 31.9 Å². The largest absolute Gasteiger partial charge is 0.444 e. The van der Waals surface area contributed by atoms with Crippen molar-refractivity contribution in [3.8, 4) is 0 Å². The monoisotopic (exact) mass is 259 g/mol. The first kappa shape index (κ1) is 14.9. The molecular weight excluding hydrogens is 238 g/mol. The van der Waals surface area contributed by atoms with E-state index in [1.54, 1.807) is 20.8 Å². The van der Waals surface area contributed by atoms with Crippen molar-refractivity contribution >= 4 is 12.4 Å². The maximum absolute atomic E-state index is 11.9. The molecule has 2 atom stereocenters. The summed E-state index contributed by atoms with van der Waals surface area (Å²) in [7, 11) is 0. The summed E-state index contributed by atoms with van der Waals surface area (Å²) < 4.78 is 10.7. The van der Waals surface area contributed by atoms with Gasteiger partial charge in [0.25, 0.3) is 0 Å². The van der Waals surface area contributed by atoms with Crippen LogP contribution in [0, 0.1) is 0 Å². The maximum Gasteiger partial charge on any atom is 0.410 e. The fraction of sp³-hybridized carbons (Fsp3) is 0.833. The third kappa shape index (κ3) is 4.62. The van der Waals surface area contributed by atoms with Gasteiger partial charge in [-0.3, -0.25) is 0 Å². The molecule has 2 unspecified atom stereocenters. The molecule has 104 valence electrons. The highest BCUT2D eigenvalue weighted by Gasteiger charge is 2.32. The van der Waals surface area contributed by atoms with Gasteiger partial charge >= 0.3 is 6.09 Å². The van der Waals surface area contributed by atoms with Crippen LogP contribution in [-0.2, 0) is 14.3 Å². The van der Waals surface area contributed by atoms with Gasteiger partial charge in [0, 0.05) is 6.42 Å². The van der Waals surface area contributed by atoms with Crippen LogP contribution in [0.1, 0.15) is 27.2 Å². The Morgan fingerprint density at radius 3 is 2.56 bits per heavy atom. The summed E-state index contributed by atoms with van der Waals surface area (Å²) in [6.45, 7) is 5.77. The minimum absolute atomic E-state index is 0.186. The number of aliphatic hydroxyl groups is 1. The molecule has 0 aliphatic carbocycles. The molecule has 1 fully saturated rings. The van der Waals surface area contributed by atoms with Gasteiger partial charge in [-0.1, -0.05) is 0 Å². The zero-order valence-corrected chi connectivity index (χ0v) is 11.1. The first-order valence-electron chi connectivity index (χ1n) is 6.03. The highest BCUT2D eigenvalue weighted by molar-refractivity contribution is 5.68. The van der Waals surface area contributed by atoms with Gasteiger partial charge in [-0.2, -0.15) is 0 Å². The molecule has 6 nitrogen and oxygen atoms in total. The zero-order valence-electron chi connectivity index (χ0n) is 11.1. The molecule has 0 bridgehead atoms. The number of carbonyl (C=O) groups excluding carboxylic acids is 2. The topological polar surface area (TPSA) is 76.1 Å². The van der Waals surface area contributed by atoms with Crippen LogP contribution in [0.25, 0.3) is 0 Å².